The highest BCUT2D eigenvalue weighted by molar-refractivity contribution is 8.01. The summed E-state index contributed by atoms with van der Waals surface area (Å²) in [6.45, 7) is 3.84. The fourth-order valence-corrected chi connectivity index (χ4v) is 3.18. The normalized spacial score (nSPS) is 10.3. The number of nitrogens with zero attached hydrogens (tertiary/aromatic N) is 2. The van der Waals surface area contributed by atoms with Crippen molar-refractivity contribution in [2.45, 2.75) is 18.2 Å². The van der Waals surface area contributed by atoms with Gasteiger partial charge in [0.05, 0.1) is 12.3 Å². The summed E-state index contributed by atoms with van der Waals surface area (Å²) in [5.74, 6) is -0.358. The minimum atomic E-state index is -0.266. The molecule has 0 unspecified atom stereocenters. The zero-order valence-electron chi connectivity index (χ0n) is 12.8. The smallest absolute Gasteiger partial charge is 0.243 e. The summed E-state index contributed by atoms with van der Waals surface area (Å²) in [6, 6.07) is 5.68. The first-order valence-corrected chi connectivity index (χ1v) is 8.60. The van der Waals surface area contributed by atoms with E-state index in [4.69, 9.17) is 5.73 Å². The van der Waals surface area contributed by atoms with E-state index >= 15 is 0 Å². The third-order valence-corrected chi connectivity index (χ3v) is 4.96. The van der Waals surface area contributed by atoms with Crippen molar-refractivity contribution in [3.8, 4) is 0 Å². The first-order valence-electron chi connectivity index (χ1n) is 6.80. The third kappa shape index (κ3) is 5.22. The van der Waals surface area contributed by atoms with Crippen LogP contribution in [-0.2, 0) is 9.59 Å². The molecular formula is C14H17N5O2S2. The van der Waals surface area contributed by atoms with Crippen molar-refractivity contribution >= 4 is 45.7 Å². The van der Waals surface area contributed by atoms with Gasteiger partial charge in [0.25, 0.3) is 0 Å². The van der Waals surface area contributed by atoms with Gasteiger partial charge in [-0.25, -0.2) is 0 Å². The number of nitrogens with one attached hydrogen (secondary N) is 2. The second-order valence-corrected chi connectivity index (χ2v) is 7.00. The molecule has 7 nitrogen and oxygen atoms in total. The van der Waals surface area contributed by atoms with E-state index < -0.39 is 0 Å². The number of carbonyl (C=O) groups is 2. The third-order valence-electron chi connectivity index (χ3n) is 3.07. The van der Waals surface area contributed by atoms with Crippen LogP contribution < -0.4 is 16.4 Å². The van der Waals surface area contributed by atoms with E-state index in [2.05, 4.69) is 20.8 Å². The van der Waals surface area contributed by atoms with Gasteiger partial charge in [0, 0.05) is 5.69 Å². The van der Waals surface area contributed by atoms with Crippen LogP contribution in [-0.4, -0.2) is 34.3 Å². The number of rotatable bonds is 6. The van der Waals surface area contributed by atoms with E-state index in [1.54, 1.807) is 0 Å². The number of aryl methyl sites for hydroxylation is 1. The Labute approximate surface area is 142 Å². The predicted octanol–water partition coefficient (Wildman–Crippen LogP) is 1.58. The van der Waals surface area contributed by atoms with Crippen LogP contribution in [0.15, 0.2) is 22.5 Å². The molecule has 122 valence electrons. The molecule has 23 heavy (non-hydrogen) atoms. The Kier molecular flexibility index (Phi) is 5.94. The Morgan fingerprint density at radius 1 is 1.26 bits per heavy atom. The van der Waals surface area contributed by atoms with Gasteiger partial charge in [0.2, 0.25) is 16.9 Å². The van der Waals surface area contributed by atoms with Gasteiger partial charge in [-0.15, -0.1) is 10.2 Å². The van der Waals surface area contributed by atoms with Gasteiger partial charge in [-0.1, -0.05) is 35.2 Å². The zero-order chi connectivity index (χ0) is 16.8. The average Bonchev–Trinajstić information content (AvgIpc) is 2.93. The number of nitrogens with two attached hydrogens (primary N) is 1. The van der Waals surface area contributed by atoms with Crippen LogP contribution in [0.1, 0.15) is 11.1 Å². The van der Waals surface area contributed by atoms with E-state index in [0.29, 0.717) is 9.47 Å². The lowest BCUT2D eigenvalue weighted by molar-refractivity contribution is -0.122. The lowest BCUT2D eigenvalue weighted by Gasteiger charge is -2.10. The fourth-order valence-electron chi connectivity index (χ4n) is 1.72. The molecule has 0 aliphatic rings. The van der Waals surface area contributed by atoms with Gasteiger partial charge in [-0.3, -0.25) is 9.59 Å². The van der Waals surface area contributed by atoms with Gasteiger partial charge < -0.3 is 16.4 Å². The predicted molar refractivity (Wildman–Crippen MR) is 92.6 cm³/mol. The van der Waals surface area contributed by atoms with Crippen molar-refractivity contribution in [3.63, 3.8) is 0 Å². The second kappa shape index (κ2) is 7.93. The quantitative estimate of drug-likeness (QED) is 0.682. The van der Waals surface area contributed by atoms with Gasteiger partial charge in [0.15, 0.2) is 4.34 Å². The molecule has 1 heterocycles. The number of benzene rings is 1. The molecule has 1 aromatic heterocycles. The molecular weight excluding hydrogens is 334 g/mol. The van der Waals surface area contributed by atoms with E-state index in [9.17, 15) is 9.59 Å². The highest BCUT2D eigenvalue weighted by Gasteiger charge is 2.10. The summed E-state index contributed by atoms with van der Waals surface area (Å²) >= 11 is 2.45. The molecule has 2 amide bonds. The maximum absolute atomic E-state index is 11.9. The Bertz CT molecular complexity index is 717. The SMILES string of the molecule is Cc1cccc(NC(=O)CNC(=O)CSc2nnc(N)s2)c1C. The molecule has 0 spiro atoms. The summed E-state index contributed by atoms with van der Waals surface area (Å²) in [5.41, 5.74) is 8.32. The van der Waals surface area contributed by atoms with Crippen LogP contribution in [0.4, 0.5) is 10.8 Å². The summed E-state index contributed by atoms with van der Waals surface area (Å²) in [6.07, 6.45) is 0. The first kappa shape index (κ1) is 17.2. The molecule has 9 heteroatoms. The minimum absolute atomic E-state index is 0.0783. The Morgan fingerprint density at radius 3 is 2.74 bits per heavy atom. The first-order chi connectivity index (χ1) is 11.0. The molecule has 2 aromatic rings. The largest absolute Gasteiger partial charge is 0.374 e. The minimum Gasteiger partial charge on any atom is -0.374 e. The molecule has 4 N–H and O–H groups in total. The van der Waals surface area contributed by atoms with Crippen molar-refractivity contribution in [2.24, 2.45) is 0 Å². The van der Waals surface area contributed by atoms with Crippen LogP contribution in [0.5, 0.6) is 0 Å². The molecule has 2 rings (SSSR count). The highest BCUT2D eigenvalue weighted by Crippen LogP contribution is 2.23. The molecule has 1 aromatic carbocycles. The number of hydrogen-bond donors (Lipinski definition) is 3. The number of carbonyl (C=O) groups excluding carboxylic acids is 2. The molecule has 0 radical (unpaired) electrons. The Balaban J connectivity index is 1.75. The Hall–Kier alpha value is -2.13. The van der Waals surface area contributed by atoms with Crippen molar-refractivity contribution in [1.29, 1.82) is 0 Å². The maximum Gasteiger partial charge on any atom is 0.243 e. The summed E-state index contributed by atoms with van der Waals surface area (Å²) in [4.78, 5) is 23.6. The van der Waals surface area contributed by atoms with Crippen molar-refractivity contribution in [3.05, 3.63) is 29.3 Å². The highest BCUT2D eigenvalue weighted by atomic mass is 32.2. The van der Waals surface area contributed by atoms with E-state index in [1.165, 1.54) is 23.1 Å². The van der Waals surface area contributed by atoms with Crippen LogP contribution in [0.25, 0.3) is 0 Å². The van der Waals surface area contributed by atoms with Gasteiger partial charge in [-0.2, -0.15) is 0 Å². The topological polar surface area (TPSA) is 110 Å². The van der Waals surface area contributed by atoms with Crippen molar-refractivity contribution < 1.29 is 9.59 Å². The number of hydrogen-bond acceptors (Lipinski definition) is 7. The number of anilines is 2. The maximum atomic E-state index is 11.9. The van der Waals surface area contributed by atoms with Gasteiger partial charge in [-0.05, 0) is 31.0 Å². The van der Waals surface area contributed by atoms with Gasteiger partial charge >= 0.3 is 0 Å². The molecule has 0 saturated heterocycles. The average molecular weight is 351 g/mol. The number of nitrogen functional groups attached to an aromatic ring is 1. The lowest BCUT2D eigenvalue weighted by atomic mass is 10.1. The summed E-state index contributed by atoms with van der Waals surface area (Å²) in [7, 11) is 0. The van der Waals surface area contributed by atoms with Crippen LogP contribution in [0, 0.1) is 13.8 Å². The molecule has 0 bridgehead atoms. The van der Waals surface area contributed by atoms with Crippen LogP contribution in [0.3, 0.4) is 0 Å². The molecule has 0 atom stereocenters. The fraction of sp³-hybridized carbons (Fsp3) is 0.286. The van der Waals surface area contributed by atoms with E-state index in [0.717, 1.165) is 16.8 Å². The summed E-state index contributed by atoms with van der Waals surface area (Å²) in [5, 5.41) is 13.2. The number of aromatic nitrogens is 2. The summed E-state index contributed by atoms with van der Waals surface area (Å²) < 4.78 is 0.623. The van der Waals surface area contributed by atoms with Crippen LogP contribution >= 0.6 is 23.1 Å². The zero-order valence-corrected chi connectivity index (χ0v) is 14.4. The van der Waals surface area contributed by atoms with E-state index in [-0.39, 0.29) is 24.1 Å². The monoisotopic (exact) mass is 351 g/mol. The Morgan fingerprint density at radius 2 is 2.04 bits per heavy atom. The van der Waals surface area contributed by atoms with Crippen LogP contribution in [0.2, 0.25) is 0 Å². The van der Waals surface area contributed by atoms with Crippen molar-refractivity contribution in [1.82, 2.24) is 15.5 Å². The standard InChI is InChI=1S/C14H17N5O2S2/c1-8-4-3-5-10(9(8)2)17-11(20)6-16-12(21)7-22-14-19-18-13(15)23-14/h3-5H,6-7H2,1-2H3,(H2,15,18)(H,16,21)(H,17,20). The lowest BCUT2D eigenvalue weighted by Crippen LogP contribution is -2.34. The number of thioether (sulfide) groups is 1. The van der Waals surface area contributed by atoms with E-state index in [1.807, 2.05) is 32.0 Å². The second-order valence-electron chi connectivity index (χ2n) is 4.77. The molecule has 0 fully saturated rings. The molecule has 0 saturated carbocycles. The van der Waals surface area contributed by atoms with Gasteiger partial charge in [0.1, 0.15) is 0 Å². The molecule has 0 aliphatic carbocycles. The number of amides is 2. The van der Waals surface area contributed by atoms with Crippen molar-refractivity contribution in [2.75, 3.05) is 23.3 Å². The molecule has 0 aliphatic heterocycles.